The Kier molecular flexibility index (Phi) is 4.38. The smallest absolute Gasteiger partial charge is 0.0615 e. The Labute approximate surface area is 100 Å². The average Bonchev–Trinajstić information content (AvgIpc) is 2.57. The molecule has 1 unspecified atom stereocenters. The van der Waals surface area contributed by atoms with Crippen LogP contribution in [0.2, 0.25) is 0 Å². The highest BCUT2D eigenvalue weighted by Crippen LogP contribution is 2.62. The fourth-order valence-corrected chi connectivity index (χ4v) is 2.63. The molecular weight excluding hydrogens is 200 g/mol. The highest BCUT2D eigenvalue weighted by molar-refractivity contribution is 5.18. The van der Waals surface area contributed by atoms with Gasteiger partial charge in [0, 0.05) is 19.2 Å². The zero-order valence-corrected chi connectivity index (χ0v) is 11.5. The molecule has 1 rings (SSSR count). The molecule has 0 aliphatic heterocycles. The van der Waals surface area contributed by atoms with Gasteiger partial charge in [0.1, 0.15) is 0 Å². The molecule has 1 fully saturated rings. The third-order valence-corrected chi connectivity index (χ3v) is 4.55. The van der Waals surface area contributed by atoms with Crippen molar-refractivity contribution in [2.75, 3.05) is 20.3 Å². The SMILES string of the molecule is COCC(CCCN)NC1C(C)(C)C1(C)C. The molecule has 1 atom stereocenters. The van der Waals surface area contributed by atoms with Gasteiger partial charge in [0.15, 0.2) is 0 Å². The van der Waals surface area contributed by atoms with Gasteiger partial charge >= 0.3 is 0 Å². The number of ether oxygens (including phenoxy) is 1. The molecule has 3 nitrogen and oxygen atoms in total. The molecule has 1 aliphatic carbocycles. The van der Waals surface area contributed by atoms with E-state index in [1.54, 1.807) is 7.11 Å². The minimum Gasteiger partial charge on any atom is -0.383 e. The van der Waals surface area contributed by atoms with E-state index in [2.05, 4.69) is 33.0 Å². The second-order valence-corrected chi connectivity index (χ2v) is 6.13. The Balaban J connectivity index is 2.44. The molecule has 96 valence electrons. The van der Waals surface area contributed by atoms with E-state index in [-0.39, 0.29) is 0 Å². The fraction of sp³-hybridized carbons (Fsp3) is 1.00. The van der Waals surface area contributed by atoms with E-state index in [9.17, 15) is 0 Å². The molecule has 16 heavy (non-hydrogen) atoms. The summed E-state index contributed by atoms with van der Waals surface area (Å²) in [4.78, 5) is 0. The van der Waals surface area contributed by atoms with Gasteiger partial charge in [0.25, 0.3) is 0 Å². The molecule has 0 aromatic heterocycles. The maximum Gasteiger partial charge on any atom is 0.0615 e. The maximum absolute atomic E-state index is 5.56. The van der Waals surface area contributed by atoms with Crippen molar-refractivity contribution in [2.45, 2.75) is 52.6 Å². The summed E-state index contributed by atoms with van der Waals surface area (Å²) in [5, 5.41) is 3.73. The molecule has 1 aliphatic rings. The standard InChI is InChI=1S/C13H28N2O/c1-12(2)11(13(12,3)4)15-10(9-16-5)7-6-8-14/h10-11,15H,6-9,14H2,1-5H3. The van der Waals surface area contributed by atoms with E-state index in [1.165, 1.54) is 0 Å². The summed E-state index contributed by atoms with van der Waals surface area (Å²) in [6, 6.07) is 1.04. The first-order valence-corrected chi connectivity index (χ1v) is 6.33. The Morgan fingerprint density at radius 1 is 1.25 bits per heavy atom. The number of hydrogen-bond donors (Lipinski definition) is 2. The Hall–Kier alpha value is -0.120. The van der Waals surface area contributed by atoms with Crippen LogP contribution in [0.15, 0.2) is 0 Å². The number of hydrogen-bond acceptors (Lipinski definition) is 3. The number of rotatable bonds is 7. The van der Waals surface area contributed by atoms with Crippen LogP contribution in [-0.4, -0.2) is 32.3 Å². The van der Waals surface area contributed by atoms with Crippen LogP contribution in [0.5, 0.6) is 0 Å². The molecule has 0 heterocycles. The number of methoxy groups -OCH3 is 1. The fourth-order valence-electron chi connectivity index (χ4n) is 2.63. The van der Waals surface area contributed by atoms with E-state index >= 15 is 0 Å². The quantitative estimate of drug-likeness (QED) is 0.698. The second kappa shape index (κ2) is 5.03. The van der Waals surface area contributed by atoms with Crippen molar-refractivity contribution in [2.24, 2.45) is 16.6 Å². The zero-order chi connectivity index (χ0) is 12.4. The summed E-state index contributed by atoms with van der Waals surface area (Å²) in [7, 11) is 1.76. The van der Waals surface area contributed by atoms with Gasteiger partial charge in [-0.2, -0.15) is 0 Å². The van der Waals surface area contributed by atoms with Crippen molar-refractivity contribution in [3.8, 4) is 0 Å². The van der Waals surface area contributed by atoms with E-state index in [1.807, 2.05) is 0 Å². The van der Waals surface area contributed by atoms with Crippen molar-refractivity contribution < 1.29 is 4.74 Å². The largest absolute Gasteiger partial charge is 0.383 e. The van der Waals surface area contributed by atoms with Gasteiger partial charge in [0.05, 0.1) is 6.61 Å². The van der Waals surface area contributed by atoms with Gasteiger partial charge in [-0.15, -0.1) is 0 Å². The molecule has 0 saturated heterocycles. The van der Waals surface area contributed by atoms with Crippen LogP contribution >= 0.6 is 0 Å². The molecule has 3 heteroatoms. The predicted octanol–water partition coefficient (Wildman–Crippen LogP) is 1.76. The molecular formula is C13H28N2O. The summed E-state index contributed by atoms with van der Waals surface area (Å²) in [6.45, 7) is 10.9. The lowest BCUT2D eigenvalue weighted by atomic mass is 10.0. The lowest BCUT2D eigenvalue weighted by molar-refractivity contribution is 0.158. The van der Waals surface area contributed by atoms with Gasteiger partial charge in [-0.1, -0.05) is 27.7 Å². The third kappa shape index (κ3) is 2.58. The normalized spacial score (nSPS) is 24.4. The van der Waals surface area contributed by atoms with E-state index in [0.29, 0.717) is 22.9 Å². The Bertz CT molecular complexity index is 212. The van der Waals surface area contributed by atoms with Crippen molar-refractivity contribution >= 4 is 0 Å². The van der Waals surface area contributed by atoms with Crippen LogP contribution in [0.3, 0.4) is 0 Å². The molecule has 0 aromatic carbocycles. The highest BCUT2D eigenvalue weighted by Gasteiger charge is 2.64. The maximum atomic E-state index is 5.56. The molecule has 0 bridgehead atoms. The van der Waals surface area contributed by atoms with Crippen LogP contribution in [-0.2, 0) is 4.74 Å². The molecule has 0 spiro atoms. The first-order chi connectivity index (χ1) is 7.37. The van der Waals surface area contributed by atoms with Crippen LogP contribution in [0.1, 0.15) is 40.5 Å². The lowest BCUT2D eigenvalue weighted by Gasteiger charge is -2.19. The molecule has 3 N–H and O–H groups in total. The van der Waals surface area contributed by atoms with Crippen molar-refractivity contribution in [3.63, 3.8) is 0 Å². The third-order valence-electron chi connectivity index (χ3n) is 4.55. The van der Waals surface area contributed by atoms with Crippen molar-refractivity contribution in [1.29, 1.82) is 0 Å². The van der Waals surface area contributed by atoms with Crippen molar-refractivity contribution in [3.05, 3.63) is 0 Å². The first-order valence-electron chi connectivity index (χ1n) is 6.33. The minimum atomic E-state index is 0.391. The number of nitrogens with one attached hydrogen (secondary N) is 1. The van der Waals surface area contributed by atoms with Crippen LogP contribution in [0.4, 0.5) is 0 Å². The topological polar surface area (TPSA) is 47.3 Å². The average molecular weight is 228 g/mol. The van der Waals surface area contributed by atoms with Crippen molar-refractivity contribution in [1.82, 2.24) is 5.32 Å². The molecule has 0 radical (unpaired) electrons. The van der Waals surface area contributed by atoms with E-state index in [4.69, 9.17) is 10.5 Å². The Morgan fingerprint density at radius 3 is 2.19 bits per heavy atom. The molecule has 0 amide bonds. The minimum absolute atomic E-state index is 0.391. The van der Waals surface area contributed by atoms with Crippen LogP contribution in [0, 0.1) is 10.8 Å². The summed E-state index contributed by atoms with van der Waals surface area (Å²) >= 11 is 0. The Morgan fingerprint density at radius 2 is 1.81 bits per heavy atom. The van der Waals surface area contributed by atoms with Gasteiger partial charge in [-0.05, 0) is 30.2 Å². The summed E-state index contributed by atoms with van der Waals surface area (Å²) in [5.74, 6) is 0. The lowest BCUT2D eigenvalue weighted by Crippen LogP contribution is -2.38. The van der Waals surface area contributed by atoms with Crippen LogP contribution < -0.4 is 11.1 Å². The van der Waals surface area contributed by atoms with E-state index in [0.717, 1.165) is 26.0 Å². The molecule has 1 saturated carbocycles. The van der Waals surface area contributed by atoms with Gasteiger partial charge in [-0.3, -0.25) is 0 Å². The van der Waals surface area contributed by atoms with E-state index < -0.39 is 0 Å². The van der Waals surface area contributed by atoms with Gasteiger partial charge in [0.2, 0.25) is 0 Å². The second-order valence-electron chi connectivity index (χ2n) is 6.13. The predicted molar refractivity (Wildman–Crippen MR) is 68.4 cm³/mol. The summed E-state index contributed by atoms with van der Waals surface area (Å²) in [5.41, 5.74) is 6.34. The van der Waals surface area contributed by atoms with Gasteiger partial charge < -0.3 is 15.8 Å². The summed E-state index contributed by atoms with van der Waals surface area (Å²) < 4.78 is 5.26. The van der Waals surface area contributed by atoms with Crippen LogP contribution in [0.25, 0.3) is 0 Å². The van der Waals surface area contributed by atoms with Gasteiger partial charge in [-0.25, -0.2) is 0 Å². The summed E-state index contributed by atoms with van der Waals surface area (Å²) in [6.07, 6.45) is 2.17. The number of nitrogens with two attached hydrogens (primary N) is 1. The first kappa shape index (κ1) is 13.9. The highest BCUT2D eigenvalue weighted by atomic mass is 16.5. The molecule has 0 aromatic rings. The monoisotopic (exact) mass is 228 g/mol. The zero-order valence-electron chi connectivity index (χ0n) is 11.5.